The molecule has 1 aliphatic heterocycles. The minimum absolute atomic E-state index is 0.134. The average Bonchev–Trinajstić information content (AvgIpc) is 2.77. The van der Waals surface area contributed by atoms with Crippen molar-refractivity contribution in [1.29, 1.82) is 0 Å². The minimum atomic E-state index is -0.918. The van der Waals surface area contributed by atoms with Crippen LogP contribution in [0.5, 0.6) is 5.75 Å². The molecule has 1 aromatic rings. The average molecular weight is 256 g/mol. The van der Waals surface area contributed by atoms with Crippen LogP contribution in [0.1, 0.15) is 16.8 Å². The monoisotopic (exact) mass is 255 g/mol. The molecule has 0 saturated carbocycles. The lowest BCUT2D eigenvalue weighted by Crippen LogP contribution is -2.48. The number of hydrogen-bond acceptors (Lipinski definition) is 4. The Morgan fingerprint density at radius 2 is 2.35 bits per heavy atom. The van der Waals surface area contributed by atoms with Crippen LogP contribution < -0.4 is 10.5 Å². The highest BCUT2D eigenvalue weighted by Crippen LogP contribution is 2.28. The molecule has 2 rings (SSSR count). The van der Waals surface area contributed by atoms with Crippen molar-refractivity contribution in [1.82, 2.24) is 0 Å². The quantitative estimate of drug-likeness (QED) is 0.835. The topological polar surface area (TPSA) is 61.5 Å². The summed E-state index contributed by atoms with van der Waals surface area (Å²) < 4.78 is 10.3. The fourth-order valence-electron chi connectivity index (χ4n) is 1.85. The molecule has 1 atom stereocenters. The second-order valence-electron chi connectivity index (χ2n) is 4.14. The van der Waals surface area contributed by atoms with Crippen LogP contribution in [-0.2, 0) is 4.74 Å². The minimum Gasteiger partial charge on any atom is -0.495 e. The van der Waals surface area contributed by atoms with Gasteiger partial charge in [0.2, 0.25) is 0 Å². The third-order valence-electron chi connectivity index (χ3n) is 2.92. The van der Waals surface area contributed by atoms with E-state index in [1.807, 2.05) is 0 Å². The Kier molecular flexibility index (Phi) is 3.38. The smallest absolute Gasteiger partial charge is 0.185 e. The summed E-state index contributed by atoms with van der Waals surface area (Å²) in [5.74, 6) is 0.338. The molecule has 1 fully saturated rings. The van der Waals surface area contributed by atoms with Crippen molar-refractivity contribution in [2.24, 2.45) is 5.73 Å². The van der Waals surface area contributed by atoms with E-state index in [-0.39, 0.29) is 12.4 Å². The van der Waals surface area contributed by atoms with Crippen molar-refractivity contribution in [2.45, 2.75) is 12.0 Å². The number of halogens is 1. The van der Waals surface area contributed by atoms with Crippen LogP contribution in [0.15, 0.2) is 18.2 Å². The van der Waals surface area contributed by atoms with Crippen LogP contribution in [0.25, 0.3) is 0 Å². The largest absolute Gasteiger partial charge is 0.495 e. The molecular formula is C12H14ClNO3. The molecule has 0 bridgehead atoms. The zero-order chi connectivity index (χ0) is 12.5. The number of benzene rings is 1. The maximum atomic E-state index is 12.2. The molecule has 0 amide bonds. The summed E-state index contributed by atoms with van der Waals surface area (Å²) in [5, 5.41) is 0.470. The van der Waals surface area contributed by atoms with Crippen LogP contribution in [-0.4, -0.2) is 31.6 Å². The van der Waals surface area contributed by atoms with Crippen molar-refractivity contribution in [3.63, 3.8) is 0 Å². The molecule has 1 aliphatic rings. The number of ether oxygens (including phenoxy) is 2. The molecule has 1 saturated heterocycles. The molecule has 92 valence electrons. The van der Waals surface area contributed by atoms with Crippen molar-refractivity contribution < 1.29 is 14.3 Å². The van der Waals surface area contributed by atoms with E-state index in [0.717, 1.165) is 0 Å². The van der Waals surface area contributed by atoms with E-state index < -0.39 is 5.54 Å². The van der Waals surface area contributed by atoms with Gasteiger partial charge in [0, 0.05) is 12.2 Å². The number of Topliss-reactive ketones (excluding diaryl/α,β-unsaturated/α-hetero) is 1. The Balaban J connectivity index is 2.31. The SMILES string of the molecule is COc1cc(C(=O)C2(N)CCOC2)ccc1Cl. The van der Waals surface area contributed by atoms with Gasteiger partial charge in [0.05, 0.1) is 18.7 Å². The predicted molar refractivity (Wildman–Crippen MR) is 64.7 cm³/mol. The van der Waals surface area contributed by atoms with E-state index in [1.54, 1.807) is 18.2 Å². The normalized spacial score (nSPS) is 23.7. The molecule has 2 N–H and O–H groups in total. The Morgan fingerprint density at radius 1 is 1.59 bits per heavy atom. The number of hydrogen-bond donors (Lipinski definition) is 1. The van der Waals surface area contributed by atoms with E-state index in [4.69, 9.17) is 26.8 Å². The molecule has 1 aromatic carbocycles. The lowest BCUT2D eigenvalue weighted by Gasteiger charge is -2.20. The van der Waals surface area contributed by atoms with Crippen LogP contribution in [0.4, 0.5) is 0 Å². The number of methoxy groups -OCH3 is 1. The van der Waals surface area contributed by atoms with E-state index in [1.165, 1.54) is 7.11 Å². The summed E-state index contributed by atoms with van der Waals surface area (Å²) in [5.41, 5.74) is 5.60. The Morgan fingerprint density at radius 3 is 2.94 bits per heavy atom. The molecule has 1 heterocycles. The van der Waals surface area contributed by atoms with Crippen LogP contribution in [0, 0.1) is 0 Å². The van der Waals surface area contributed by atoms with E-state index in [2.05, 4.69) is 0 Å². The lowest BCUT2D eigenvalue weighted by molar-refractivity contribution is 0.0862. The zero-order valence-corrected chi connectivity index (χ0v) is 10.3. The fraction of sp³-hybridized carbons (Fsp3) is 0.417. The van der Waals surface area contributed by atoms with Gasteiger partial charge in [-0.2, -0.15) is 0 Å². The van der Waals surface area contributed by atoms with Gasteiger partial charge < -0.3 is 15.2 Å². The Hall–Kier alpha value is -1.10. The highest BCUT2D eigenvalue weighted by molar-refractivity contribution is 6.32. The first kappa shape index (κ1) is 12.4. The Labute approximate surface area is 105 Å². The second kappa shape index (κ2) is 4.64. The van der Waals surface area contributed by atoms with Crippen LogP contribution >= 0.6 is 11.6 Å². The number of ketones is 1. The van der Waals surface area contributed by atoms with Crippen molar-refractivity contribution >= 4 is 17.4 Å². The first-order valence-corrected chi connectivity index (χ1v) is 5.69. The third-order valence-corrected chi connectivity index (χ3v) is 3.23. The van der Waals surface area contributed by atoms with Gasteiger partial charge in [0.1, 0.15) is 11.3 Å². The maximum absolute atomic E-state index is 12.2. The molecule has 0 aliphatic carbocycles. The van der Waals surface area contributed by atoms with Crippen LogP contribution in [0.2, 0.25) is 5.02 Å². The maximum Gasteiger partial charge on any atom is 0.185 e. The van der Waals surface area contributed by atoms with Crippen molar-refractivity contribution in [3.05, 3.63) is 28.8 Å². The summed E-state index contributed by atoms with van der Waals surface area (Å²) in [4.78, 5) is 12.2. The second-order valence-corrected chi connectivity index (χ2v) is 4.54. The van der Waals surface area contributed by atoms with Gasteiger partial charge in [-0.15, -0.1) is 0 Å². The van der Waals surface area contributed by atoms with Gasteiger partial charge in [-0.25, -0.2) is 0 Å². The van der Waals surface area contributed by atoms with Gasteiger partial charge in [-0.05, 0) is 24.6 Å². The first-order valence-electron chi connectivity index (χ1n) is 5.32. The lowest BCUT2D eigenvalue weighted by atomic mass is 9.89. The number of carbonyl (C=O) groups excluding carboxylic acids is 1. The van der Waals surface area contributed by atoms with Gasteiger partial charge in [0.15, 0.2) is 5.78 Å². The first-order chi connectivity index (χ1) is 8.07. The van der Waals surface area contributed by atoms with E-state index in [0.29, 0.717) is 29.4 Å². The molecule has 0 aromatic heterocycles. The number of carbonyl (C=O) groups is 1. The van der Waals surface area contributed by atoms with E-state index >= 15 is 0 Å². The van der Waals surface area contributed by atoms with Crippen molar-refractivity contribution in [2.75, 3.05) is 20.3 Å². The molecule has 4 nitrogen and oxygen atoms in total. The predicted octanol–water partition coefficient (Wildman–Crippen LogP) is 1.65. The summed E-state index contributed by atoms with van der Waals surface area (Å²) in [6.07, 6.45) is 0.538. The number of nitrogens with two attached hydrogens (primary N) is 1. The highest BCUT2D eigenvalue weighted by atomic mass is 35.5. The molecule has 0 spiro atoms. The summed E-state index contributed by atoms with van der Waals surface area (Å²) >= 11 is 5.90. The van der Waals surface area contributed by atoms with Gasteiger partial charge in [0.25, 0.3) is 0 Å². The van der Waals surface area contributed by atoms with Crippen LogP contribution in [0.3, 0.4) is 0 Å². The van der Waals surface area contributed by atoms with Gasteiger partial charge >= 0.3 is 0 Å². The highest BCUT2D eigenvalue weighted by Gasteiger charge is 2.38. The Bertz CT molecular complexity index is 441. The summed E-state index contributed by atoms with van der Waals surface area (Å²) in [7, 11) is 1.51. The molecular weight excluding hydrogens is 242 g/mol. The summed E-state index contributed by atoms with van der Waals surface area (Å²) in [6, 6.07) is 4.89. The molecule has 1 unspecified atom stereocenters. The van der Waals surface area contributed by atoms with Crippen molar-refractivity contribution in [3.8, 4) is 5.75 Å². The molecule has 5 heteroatoms. The zero-order valence-electron chi connectivity index (χ0n) is 9.53. The number of rotatable bonds is 3. The van der Waals surface area contributed by atoms with Gasteiger partial charge in [-0.3, -0.25) is 4.79 Å². The molecule has 17 heavy (non-hydrogen) atoms. The standard InChI is InChI=1S/C12H14ClNO3/c1-16-10-6-8(2-3-9(10)13)11(15)12(14)4-5-17-7-12/h2-3,6H,4-5,7,14H2,1H3. The fourth-order valence-corrected chi connectivity index (χ4v) is 2.04. The molecule has 0 radical (unpaired) electrons. The van der Waals surface area contributed by atoms with E-state index in [9.17, 15) is 4.79 Å². The third kappa shape index (κ3) is 2.29. The van der Waals surface area contributed by atoms with Gasteiger partial charge in [-0.1, -0.05) is 11.6 Å². The summed E-state index contributed by atoms with van der Waals surface area (Å²) in [6.45, 7) is 0.781.